The quantitative estimate of drug-likeness (QED) is 0.390. The summed E-state index contributed by atoms with van der Waals surface area (Å²) in [5.41, 5.74) is 0. The standard InChI is InChI=1S/C4H9O3/c1-3(2-5)4(6)7/h4-7H,2H2,1H3. The lowest BCUT2D eigenvalue weighted by atomic mass is 10.2. The maximum atomic E-state index is 8.18. The fraction of sp³-hybridized carbons (Fsp3) is 0.750. The Morgan fingerprint density at radius 3 is 2.00 bits per heavy atom. The van der Waals surface area contributed by atoms with Gasteiger partial charge in [-0.05, 0) is 0 Å². The lowest BCUT2D eigenvalue weighted by Gasteiger charge is -2.06. The molecule has 3 nitrogen and oxygen atoms in total. The molecule has 0 aromatic carbocycles. The molecule has 3 heteroatoms. The molecule has 0 aromatic rings. The largest absolute Gasteiger partial charge is 0.396 e. The predicted octanol–water partition coefficient (Wildman–Crippen LogP) is -1.12. The van der Waals surface area contributed by atoms with Crippen LogP contribution in [0.3, 0.4) is 0 Å². The van der Waals surface area contributed by atoms with Crippen molar-refractivity contribution in [3.63, 3.8) is 0 Å². The van der Waals surface area contributed by atoms with Gasteiger partial charge in [-0.15, -0.1) is 0 Å². The number of rotatable bonds is 2. The molecule has 0 heterocycles. The molecule has 0 aromatic heterocycles. The second kappa shape index (κ2) is 2.96. The van der Waals surface area contributed by atoms with Crippen LogP contribution in [0.25, 0.3) is 0 Å². The topological polar surface area (TPSA) is 60.7 Å². The summed E-state index contributed by atoms with van der Waals surface area (Å²) in [5, 5.41) is 24.5. The molecule has 3 N–H and O–H groups in total. The van der Waals surface area contributed by atoms with E-state index < -0.39 is 6.29 Å². The minimum Gasteiger partial charge on any atom is -0.396 e. The van der Waals surface area contributed by atoms with Gasteiger partial charge in [0.25, 0.3) is 0 Å². The molecule has 0 saturated heterocycles. The van der Waals surface area contributed by atoms with Gasteiger partial charge in [-0.2, -0.15) is 0 Å². The number of aliphatic hydroxyl groups is 3. The van der Waals surface area contributed by atoms with E-state index in [9.17, 15) is 0 Å². The van der Waals surface area contributed by atoms with Crippen LogP contribution in [0, 0.1) is 5.92 Å². The maximum absolute atomic E-state index is 8.18. The molecule has 0 saturated carbocycles. The van der Waals surface area contributed by atoms with Crippen LogP contribution in [0.15, 0.2) is 0 Å². The van der Waals surface area contributed by atoms with Crippen molar-refractivity contribution in [1.82, 2.24) is 0 Å². The number of aliphatic hydroxyl groups excluding tert-OH is 2. The Bertz CT molecular complexity index is 44.2. The Balaban J connectivity index is 3.14. The molecule has 43 valence electrons. The second-order valence-corrected chi connectivity index (χ2v) is 1.38. The van der Waals surface area contributed by atoms with E-state index >= 15 is 0 Å². The molecule has 0 amide bonds. The van der Waals surface area contributed by atoms with Gasteiger partial charge in [0, 0.05) is 0 Å². The molecular weight excluding hydrogens is 96.0 g/mol. The van der Waals surface area contributed by atoms with Crippen LogP contribution < -0.4 is 0 Å². The highest BCUT2D eigenvalue weighted by Crippen LogP contribution is 1.98. The molecule has 0 aliphatic rings. The van der Waals surface area contributed by atoms with Crippen molar-refractivity contribution in [3.8, 4) is 0 Å². The predicted molar refractivity (Wildman–Crippen MR) is 24.2 cm³/mol. The van der Waals surface area contributed by atoms with Crippen LogP contribution in [0.2, 0.25) is 0 Å². The highest BCUT2D eigenvalue weighted by molar-refractivity contribution is 4.84. The van der Waals surface area contributed by atoms with Crippen LogP contribution >= 0.6 is 0 Å². The maximum Gasteiger partial charge on any atom is 0.159 e. The Morgan fingerprint density at radius 1 is 1.57 bits per heavy atom. The molecule has 0 aliphatic carbocycles. The van der Waals surface area contributed by atoms with Gasteiger partial charge in [0.05, 0.1) is 12.5 Å². The summed E-state index contributed by atoms with van der Waals surface area (Å²) in [7, 11) is 0. The summed E-state index contributed by atoms with van der Waals surface area (Å²) < 4.78 is 0. The molecule has 0 rings (SSSR count). The van der Waals surface area contributed by atoms with Gasteiger partial charge >= 0.3 is 0 Å². The van der Waals surface area contributed by atoms with Gasteiger partial charge in [-0.3, -0.25) is 0 Å². The first-order valence-electron chi connectivity index (χ1n) is 1.97. The zero-order valence-electron chi connectivity index (χ0n) is 4.13. The van der Waals surface area contributed by atoms with Crippen molar-refractivity contribution in [1.29, 1.82) is 0 Å². The molecule has 0 fully saturated rings. The second-order valence-electron chi connectivity index (χ2n) is 1.38. The first kappa shape index (κ1) is 6.88. The SMILES string of the molecule is C[C](CO)C(O)O. The van der Waals surface area contributed by atoms with Crippen LogP contribution in [-0.2, 0) is 0 Å². The average molecular weight is 105 g/mol. The van der Waals surface area contributed by atoms with Gasteiger partial charge < -0.3 is 15.3 Å². The van der Waals surface area contributed by atoms with Crippen molar-refractivity contribution in [2.45, 2.75) is 13.2 Å². The Hall–Kier alpha value is -0.120. The molecule has 0 spiro atoms. The van der Waals surface area contributed by atoms with Gasteiger partial charge in [0.15, 0.2) is 6.29 Å². The summed E-state index contributed by atoms with van der Waals surface area (Å²) in [6, 6.07) is 0. The fourth-order valence-electron chi connectivity index (χ4n) is 0.0816. The Labute approximate surface area is 42.2 Å². The van der Waals surface area contributed by atoms with Crippen molar-refractivity contribution in [3.05, 3.63) is 5.92 Å². The molecule has 0 atom stereocenters. The van der Waals surface area contributed by atoms with E-state index in [0.717, 1.165) is 0 Å². The lowest BCUT2D eigenvalue weighted by molar-refractivity contribution is -0.0348. The molecule has 0 unspecified atom stereocenters. The third-order valence-corrected chi connectivity index (χ3v) is 0.690. The van der Waals surface area contributed by atoms with E-state index in [0.29, 0.717) is 0 Å². The first-order valence-corrected chi connectivity index (χ1v) is 1.97. The Kier molecular flexibility index (Phi) is 2.91. The van der Waals surface area contributed by atoms with E-state index in [-0.39, 0.29) is 12.5 Å². The van der Waals surface area contributed by atoms with Gasteiger partial charge in [-0.1, -0.05) is 6.92 Å². The fourth-order valence-corrected chi connectivity index (χ4v) is 0.0816. The van der Waals surface area contributed by atoms with E-state index in [1.165, 1.54) is 6.92 Å². The third kappa shape index (κ3) is 2.56. The lowest BCUT2D eigenvalue weighted by Crippen LogP contribution is -2.17. The average Bonchev–Trinajstić information content (AvgIpc) is 1.65. The summed E-state index contributed by atoms with van der Waals surface area (Å²) in [6.45, 7) is 1.20. The Morgan fingerprint density at radius 2 is 2.00 bits per heavy atom. The van der Waals surface area contributed by atoms with Crippen molar-refractivity contribution < 1.29 is 15.3 Å². The number of hydrogen-bond acceptors (Lipinski definition) is 3. The van der Waals surface area contributed by atoms with E-state index in [2.05, 4.69) is 0 Å². The summed E-state index contributed by atoms with van der Waals surface area (Å²) >= 11 is 0. The zero-order chi connectivity index (χ0) is 5.86. The smallest absolute Gasteiger partial charge is 0.159 e. The normalized spacial score (nSPS) is 11.1. The number of hydrogen-bond donors (Lipinski definition) is 3. The summed E-state index contributed by atoms with van der Waals surface area (Å²) in [5.74, 6) is 0.264. The van der Waals surface area contributed by atoms with Crippen LogP contribution in [0.1, 0.15) is 6.92 Å². The third-order valence-electron chi connectivity index (χ3n) is 0.690. The van der Waals surface area contributed by atoms with Crippen LogP contribution in [-0.4, -0.2) is 28.2 Å². The summed E-state index contributed by atoms with van der Waals surface area (Å²) in [6.07, 6.45) is -1.47. The molecule has 1 radical (unpaired) electrons. The monoisotopic (exact) mass is 105 g/mol. The van der Waals surface area contributed by atoms with Crippen LogP contribution in [0.5, 0.6) is 0 Å². The molecule has 7 heavy (non-hydrogen) atoms. The van der Waals surface area contributed by atoms with Gasteiger partial charge in [0.2, 0.25) is 0 Å². The highest BCUT2D eigenvalue weighted by atomic mass is 16.5. The molecular formula is C4H9O3. The van der Waals surface area contributed by atoms with E-state index in [1.807, 2.05) is 0 Å². The van der Waals surface area contributed by atoms with Crippen molar-refractivity contribution >= 4 is 0 Å². The zero-order valence-corrected chi connectivity index (χ0v) is 4.13. The molecule has 0 bridgehead atoms. The highest BCUT2D eigenvalue weighted by Gasteiger charge is 2.07. The van der Waals surface area contributed by atoms with Crippen molar-refractivity contribution in [2.24, 2.45) is 0 Å². The summed E-state index contributed by atoms with van der Waals surface area (Å²) in [4.78, 5) is 0. The van der Waals surface area contributed by atoms with Gasteiger partial charge in [0.1, 0.15) is 0 Å². The van der Waals surface area contributed by atoms with E-state index in [1.54, 1.807) is 0 Å². The van der Waals surface area contributed by atoms with Crippen LogP contribution in [0.4, 0.5) is 0 Å². The minimum atomic E-state index is -1.47. The van der Waals surface area contributed by atoms with E-state index in [4.69, 9.17) is 15.3 Å². The van der Waals surface area contributed by atoms with Gasteiger partial charge in [-0.25, -0.2) is 0 Å². The first-order chi connectivity index (χ1) is 3.18. The minimum absolute atomic E-state index is 0.264. The molecule has 0 aliphatic heterocycles. The van der Waals surface area contributed by atoms with Crippen molar-refractivity contribution in [2.75, 3.05) is 6.61 Å².